The summed E-state index contributed by atoms with van der Waals surface area (Å²) in [7, 11) is -9.89. The van der Waals surface area contributed by atoms with Gasteiger partial charge in [0, 0.05) is 25.7 Å². The van der Waals surface area contributed by atoms with E-state index in [9.17, 15) is 43.2 Å². The van der Waals surface area contributed by atoms with Crippen molar-refractivity contribution in [3.63, 3.8) is 0 Å². The van der Waals surface area contributed by atoms with Crippen molar-refractivity contribution in [1.29, 1.82) is 0 Å². The topological polar surface area (TPSA) is 237 Å². The molecule has 0 aliphatic rings. The first-order valence-corrected chi connectivity index (χ1v) is 39.0. The van der Waals surface area contributed by atoms with E-state index in [1.165, 1.54) is 161 Å². The van der Waals surface area contributed by atoms with Gasteiger partial charge in [-0.25, -0.2) is 9.13 Å². The Morgan fingerprint density at radius 2 is 0.580 bits per heavy atom. The van der Waals surface area contributed by atoms with E-state index in [-0.39, 0.29) is 25.7 Å². The number of aliphatic hydroxyl groups is 1. The predicted octanol–water partition coefficient (Wildman–Crippen LogP) is 19.6. The van der Waals surface area contributed by atoms with Crippen LogP contribution in [0.2, 0.25) is 0 Å². The Kier molecular flexibility index (Phi) is 59.9. The average Bonchev–Trinajstić information content (AvgIpc) is 3.62. The van der Waals surface area contributed by atoms with Gasteiger partial charge in [0.05, 0.1) is 26.4 Å². The van der Waals surface area contributed by atoms with Gasteiger partial charge in [0.15, 0.2) is 12.2 Å². The third-order valence-corrected chi connectivity index (χ3v) is 18.2. The summed E-state index contributed by atoms with van der Waals surface area (Å²) >= 11 is 0. The Morgan fingerprint density at radius 1 is 0.330 bits per heavy atom. The van der Waals surface area contributed by atoms with Crippen LogP contribution >= 0.6 is 15.6 Å². The van der Waals surface area contributed by atoms with E-state index in [0.717, 1.165) is 102 Å². The number of rotatable bonds is 68. The summed E-state index contributed by atoms with van der Waals surface area (Å²) in [5.41, 5.74) is 0. The van der Waals surface area contributed by atoms with Crippen molar-refractivity contribution in [1.82, 2.24) is 0 Å². The number of carbonyl (C=O) groups is 4. The Labute approximate surface area is 537 Å². The highest BCUT2D eigenvalue weighted by Gasteiger charge is 2.30. The number of ether oxygens (including phenoxy) is 4. The highest BCUT2D eigenvalue weighted by atomic mass is 31.2. The summed E-state index contributed by atoms with van der Waals surface area (Å²) in [5.74, 6) is -0.576. The zero-order chi connectivity index (χ0) is 65.0. The molecular formula is C69H134O17P2. The van der Waals surface area contributed by atoms with Crippen molar-refractivity contribution >= 4 is 39.5 Å². The molecule has 3 N–H and O–H groups in total. The van der Waals surface area contributed by atoms with Crippen molar-refractivity contribution < 1.29 is 80.2 Å². The quantitative estimate of drug-likeness (QED) is 0.0222. The first-order chi connectivity index (χ1) is 42.4. The number of hydrogen-bond donors (Lipinski definition) is 3. The normalized spacial score (nSPS) is 14.5. The van der Waals surface area contributed by atoms with Crippen molar-refractivity contribution in [3.05, 3.63) is 0 Å². The fourth-order valence-electron chi connectivity index (χ4n) is 10.4. The van der Waals surface area contributed by atoms with E-state index in [1.807, 2.05) is 0 Å². The molecule has 0 aromatic carbocycles. The third kappa shape index (κ3) is 61.6. The van der Waals surface area contributed by atoms with E-state index in [2.05, 4.69) is 41.5 Å². The lowest BCUT2D eigenvalue weighted by Crippen LogP contribution is -2.30. The maximum absolute atomic E-state index is 13.0. The summed E-state index contributed by atoms with van der Waals surface area (Å²) < 4.78 is 68.2. The summed E-state index contributed by atoms with van der Waals surface area (Å²) in [5, 5.41) is 10.6. The van der Waals surface area contributed by atoms with Crippen LogP contribution in [0.25, 0.3) is 0 Å². The number of unbranched alkanes of at least 4 members (excludes halogenated alkanes) is 37. The molecule has 3 unspecified atom stereocenters. The standard InChI is InChI=1S/C69H134O17P2/c1-7-10-12-14-16-18-27-33-39-45-51-66(71)79-57-64(85-68(73)53-47-41-34-28-19-17-15-13-11-8-2)59-83-87(75,76)81-55-63(70)56-82-88(77,78)84-60-65(58-80-67(72)52-46-40-36-30-31-37-43-49-61(4)5)86-69(74)54-48-42-35-29-25-23-21-20-22-24-26-32-38-44-50-62(6)9-3/h61-65,70H,7-60H2,1-6H3,(H,75,76)(H,77,78)/t62?,63-,64+,65+/m0/s1. The molecule has 0 aromatic heterocycles. The van der Waals surface area contributed by atoms with Crippen molar-refractivity contribution in [3.8, 4) is 0 Å². The number of esters is 4. The van der Waals surface area contributed by atoms with Gasteiger partial charge in [0.1, 0.15) is 19.3 Å². The van der Waals surface area contributed by atoms with Gasteiger partial charge in [-0.3, -0.25) is 37.3 Å². The van der Waals surface area contributed by atoms with E-state index < -0.39 is 97.5 Å². The highest BCUT2D eigenvalue weighted by molar-refractivity contribution is 7.47. The molecule has 0 radical (unpaired) electrons. The van der Waals surface area contributed by atoms with Gasteiger partial charge in [-0.1, -0.05) is 298 Å². The van der Waals surface area contributed by atoms with Gasteiger partial charge in [-0.2, -0.15) is 0 Å². The van der Waals surface area contributed by atoms with Crippen molar-refractivity contribution in [2.45, 2.75) is 368 Å². The molecule has 88 heavy (non-hydrogen) atoms. The van der Waals surface area contributed by atoms with Crippen LogP contribution in [0, 0.1) is 11.8 Å². The number of hydrogen-bond acceptors (Lipinski definition) is 15. The van der Waals surface area contributed by atoms with Crippen LogP contribution in [0.5, 0.6) is 0 Å². The fourth-order valence-corrected chi connectivity index (χ4v) is 12.0. The van der Waals surface area contributed by atoms with E-state index in [4.69, 9.17) is 37.0 Å². The molecule has 0 aliphatic heterocycles. The molecule has 0 bridgehead atoms. The molecule has 0 heterocycles. The van der Waals surface area contributed by atoms with Gasteiger partial charge in [-0.15, -0.1) is 0 Å². The smallest absolute Gasteiger partial charge is 0.462 e. The molecule has 17 nitrogen and oxygen atoms in total. The zero-order valence-corrected chi connectivity index (χ0v) is 58.8. The Bertz CT molecular complexity index is 1720. The minimum absolute atomic E-state index is 0.106. The van der Waals surface area contributed by atoms with Crippen LogP contribution in [-0.2, 0) is 65.4 Å². The van der Waals surface area contributed by atoms with Crippen molar-refractivity contribution in [2.75, 3.05) is 39.6 Å². The summed E-state index contributed by atoms with van der Waals surface area (Å²) in [6.45, 7) is 9.52. The molecule has 0 fully saturated rings. The van der Waals surface area contributed by atoms with Gasteiger partial charge in [0.2, 0.25) is 0 Å². The molecule has 0 aliphatic carbocycles. The molecule has 0 rings (SSSR count). The zero-order valence-electron chi connectivity index (χ0n) is 57.0. The second-order valence-electron chi connectivity index (χ2n) is 25.6. The highest BCUT2D eigenvalue weighted by Crippen LogP contribution is 2.45. The lowest BCUT2D eigenvalue weighted by molar-refractivity contribution is -0.161. The van der Waals surface area contributed by atoms with Gasteiger partial charge < -0.3 is 33.8 Å². The minimum atomic E-state index is -4.95. The van der Waals surface area contributed by atoms with Crippen molar-refractivity contribution in [2.24, 2.45) is 11.8 Å². The first kappa shape index (κ1) is 86.1. The Balaban J connectivity index is 5.20. The second-order valence-corrected chi connectivity index (χ2v) is 28.5. The third-order valence-electron chi connectivity index (χ3n) is 16.3. The van der Waals surface area contributed by atoms with Crippen LogP contribution in [0.3, 0.4) is 0 Å². The number of carbonyl (C=O) groups excluding carboxylic acids is 4. The maximum atomic E-state index is 13.0. The lowest BCUT2D eigenvalue weighted by Gasteiger charge is -2.21. The molecule has 0 aromatic rings. The van der Waals surface area contributed by atoms with Gasteiger partial charge in [-0.05, 0) is 37.5 Å². The van der Waals surface area contributed by atoms with Crippen LogP contribution in [0.15, 0.2) is 0 Å². The van der Waals surface area contributed by atoms with Crippen LogP contribution < -0.4 is 0 Å². The molecule has 0 saturated heterocycles. The Morgan fingerprint density at radius 3 is 0.864 bits per heavy atom. The molecule has 522 valence electrons. The number of phosphoric ester groups is 2. The van der Waals surface area contributed by atoms with E-state index in [0.29, 0.717) is 31.6 Å². The molecule has 6 atom stereocenters. The predicted molar refractivity (Wildman–Crippen MR) is 354 cm³/mol. The van der Waals surface area contributed by atoms with Crippen LogP contribution in [0.1, 0.15) is 350 Å². The summed E-state index contributed by atoms with van der Waals surface area (Å²) in [4.78, 5) is 72.4. The summed E-state index contributed by atoms with van der Waals surface area (Å²) in [6.07, 6.45) is 45.8. The molecule has 0 saturated carbocycles. The molecule has 0 spiro atoms. The van der Waals surface area contributed by atoms with Gasteiger partial charge in [0.25, 0.3) is 0 Å². The SMILES string of the molecule is CCCCCCCCCCCCC(=O)OC[C@H](COP(=O)(O)OC[C@H](O)COP(=O)(O)OC[C@@H](COC(=O)CCCCCCCCCC(C)C)OC(=O)CCCCCCCCCCCCCCCCC(C)CC)OC(=O)CCCCCCCCCCCC. The monoisotopic (exact) mass is 1300 g/mol. The van der Waals surface area contributed by atoms with Crippen LogP contribution in [-0.4, -0.2) is 96.7 Å². The fraction of sp³-hybridized carbons (Fsp3) is 0.942. The summed E-state index contributed by atoms with van der Waals surface area (Å²) in [6, 6.07) is 0. The van der Waals surface area contributed by atoms with E-state index >= 15 is 0 Å². The second kappa shape index (κ2) is 61.3. The molecule has 19 heteroatoms. The largest absolute Gasteiger partial charge is 0.472 e. The van der Waals surface area contributed by atoms with Gasteiger partial charge >= 0.3 is 39.5 Å². The number of aliphatic hydroxyl groups excluding tert-OH is 1. The first-order valence-electron chi connectivity index (χ1n) is 36.0. The minimum Gasteiger partial charge on any atom is -0.462 e. The average molecular weight is 1300 g/mol. The lowest BCUT2D eigenvalue weighted by atomic mass is 9.99. The van der Waals surface area contributed by atoms with E-state index in [1.54, 1.807) is 0 Å². The molecule has 0 amide bonds. The number of phosphoric acid groups is 2. The van der Waals surface area contributed by atoms with Crippen LogP contribution in [0.4, 0.5) is 0 Å². The Hall–Kier alpha value is -1.94. The molecular weight excluding hydrogens is 1160 g/mol. The maximum Gasteiger partial charge on any atom is 0.472 e.